The lowest BCUT2D eigenvalue weighted by Gasteiger charge is -2.13. The average molecular weight is 221 g/mol. The molecular weight excluding hydrogens is 202 g/mol. The predicted octanol–water partition coefficient (Wildman–Crippen LogP) is 3.08. The van der Waals surface area contributed by atoms with Crippen LogP contribution < -0.4 is 14.8 Å². The fourth-order valence-corrected chi connectivity index (χ4v) is 1.30. The van der Waals surface area contributed by atoms with Gasteiger partial charge in [-0.2, -0.15) is 0 Å². The third-order valence-corrected chi connectivity index (χ3v) is 2.44. The fraction of sp³-hybridized carbons (Fsp3) is 0.385. The molecule has 0 spiro atoms. The van der Waals surface area contributed by atoms with Crippen molar-refractivity contribution in [1.82, 2.24) is 0 Å². The maximum atomic E-state index is 5.26. The molecule has 0 aliphatic carbocycles. The summed E-state index contributed by atoms with van der Waals surface area (Å²) in [7, 11) is 3.30. The van der Waals surface area contributed by atoms with Crippen molar-refractivity contribution in [1.29, 1.82) is 0 Å². The van der Waals surface area contributed by atoms with Gasteiger partial charge in [0.25, 0.3) is 0 Å². The van der Waals surface area contributed by atoms with Gasteiger partial charge in [-0.3, -0.25) is 0 Å². The Balaban J connectivity index is 2.78. The van der Waals surface area contributed by atoms with Crippen LogP contribution in [-0.4, -0.2) is 20.8 Å². The number of nitrogens with one attached hydrogen (secondary N) is 1. The minimum absolute atomic E-state index is 0.750. The van der Waals surface area contributed by atoms with Gasteiger partial charge in [0.05, 0.1) is 19.9 Å². The molecular formula is C13H19NO2. The van der Waals surface area contributed by atoms with Crippen molar-refractivity contribution in [2.24, 2.45) is 0 Å². The Kier molecular flexibility index (Phi) is 4.70. The van der Waals surface area contributed by atoms with Gasteiger partial charge in [0.15, 0.2) is 0 Å². The van der Waals surface area contributed by atoms with Gasteiger partial charge in [0.1, 0.15) is 11.5 Å². The molecule has 0 aliphatic rings. The van der Waals surface area contributed by atoms with Gasteiger partial charge in [-0.1, -0.05) is 19.1 Å². The van der Waals surface area contributed by atoms with E-state index in [1.807, 2.05) is 18.2 Å². The Hall–Kier alpha value is -1.64. The van der Waals surface area contributed by atoms with Crippen molar-refractivity contribution in [3.8, 4) is 11.5 Å². The van der Waals surface area contributed by atoms with Crippen LogP contribution in [0.3, 0.4) is 0 Å². The lowest BCUT2D eigenvalue weighted by atomic mass is 10.2. The number of rotatable bonds is 6. The van der Waals surface area contributed by atoms with Crippen molar-refractivity contribution in [2.45, 2.75) is 13.3 Å². The summed E-state index contributed by atoms with van der Waals surface area (Å²) in [4.78, 5) is 0. The fourth-order valence-electron chi connectivity index (χ4n) is 1.30. The van der Waals surface area contributed by atoms with Crippen LogP contribution in [0.1, 0.15) is 13.3 Å². The van der Waals surface area contributed by atoms with Crippen molar-refractivity contribution in [3.05, 3.63) is 30.4 Å². The molecule has 0 atom stereocenters. The first-order valence-electron chi connectivity index (χ1n) is 5.33. The standard InChI is InChI=1S/C13H19NO2/c1-5-10(2)9-14-12-8-11(15-3)6-7-13(12)16-4/h6-8,14H,2,5,9H2,1,3-4H3. The molecule has 1 N–H and O–H groups in total. The molecule has 0 fully saturated rings. The van der Waals surface area contributed by atoms with Crippen LogP contribution in [0.15, 0.2) is 30.4 Å². The summed E-state index contributed by atoms with van der Waals surface area (Å²) >= 11 is 0. The molecule has 0 bridgehead atoms. The van der Waals surface area contributed by atoms with Gasteiger partial charge in [0, 0.05) is 12.6 Å². The first-order chi connectivity index (χ1) is 7.71. The van der Waals surface area contributed by atoms with E-state index >= 15 is 0 Å². The molecule has 1 rings (SSSR count). The summed E-state index contributed by atoms with van der Waals surface area (Å²) in [6, 6.07) is 5.68. The van der Waals surface area contributed by atoms with Gasteiger partial charge in [0.2, 0.25) is 0 Å². The summed E-state index contributed by atoms with van der Waals surface area (Å²) < 4.78 is 10.4. The SMILES string of the molecule is C=C(CC)CNc1cc(OC)ccc1OC. The molecule has 0 saturated heterocycles. The third-order valence-electron chi connectivity index (χ3n) is 2.44. The minimum Gasteiger partial charge on any atom is -0.497 e. The highest BCUT2D eigenvalue weighted by Gasteiger charge is 2.04. The first kappa shape index (κ1) is 12.4. The van der Waals surface area contributed by atoms with Crippen LogP contribution in [0.2, 0.25) is 0 Å². The Morgan fingerprint density at radius 2 is 2.06 bits per heavy atom. The number of methoxy groups -OCH3 is 2. The maximum Gasteiger partial charge on any atom is 0.142 e. The predicted molar refractivity (Wildman–Crippen MR) is 67.5 cm³/mol. The third kappa shape index (κ3) is 3.19. The molecule has 0 heterocycles. The van der Waals surface area contributed by atoms with E-state index in [9.17, 15) is 0 Å². The molecule has 0 aliphatic heterocycles. The summed E-state index contributed by atoms with van der Waals surface area (Å²) in [6.45, 7) is 6.79. The smallest absolute Gasteiger partial charge is 0.142 e. The highest BCUT2D eigenvalue weighted by molar-refractivity contribution is 5.60. The minimum atomic E-state index is 0.750. The molecule has 0 amide bonds. The second-order valence-corrected chi connectivity index (χ2v) is 3.52. The molecule has 0 unspecified atom stereocenters. The van der Waals surface area contributed by atoms with Crippen LogP contribution in [0.4, 0.5) is 5.69 Å². The number of hydrogen-bond donors (Lipinski definition) is 1. The van der Waals surface area contributed by atoms with Crippen molar-refractivity contribution >= 4 is 5.69 Å². The molecule has 0 aromatic heterocycles. The Bertz CT molecular complexity index is 361. The monoisotopic (exact) mass is 221 g/mol. The number of benzene rings is 1. The first-order valence-corrected chi connectivity index (χ1v) is 5.33. The van der Waals surface area contributed by atoms with Crippen LogP contribution in [0.25, 0.3) is 0 Å². The zero-order chi connectivity index (χ0) is 12.0. The van der Waals surface area contributed by atoms with E-state index in [0.29, 0.717) is 0 Å². The van der Waals surface area contributed by atoms with Gasteiger partial charge in [-0.15, -0.1) is 0 Å². The molecule has 0 saturated carbocycles. The topological polar surface area (TPSA) is 30.5 Å². The number of anilines is 1. The van der Waals surface area contributed by atoms with Crippen LogP contribution in [-0.2, 0) is 0 Å². The second kappa shape index (κ2) is 6.05. The Labute approximate surface area is 97.1 Å². The van der Waals surface area contributed by atoms with E-state index in [0.717, 1.165) is 35.7 Å². The van der Waals surface area contributed by atoms with E-state index < -0.39 is 0 Å². The zero-order valence-electron chi connectivity index (χ0n) is 10.2. The summed E-state index contributed by atoms with van der Waals surface area (Å²) in [6.07, 6.45) is 0.972. The van der Waals surface area contributed by atoms with E-state index in [1.165, 1.54) is 0 Å². The quantitative estimate of drug-likeness (QED) is 0.749. The lowest BCUT2D eigenvalue weighted by Crippen LogP contribution is -2.05. The highest BCUT2D eigenvalue weighted by Crippen LogP contribution is 2.28. The number of hydrogen-bond acceptors (Lipinski definition) is 3. The maximum absolute atomic E-state index is 5.26. The summed E-state index contributed by atoms with van der Waals surface area (Å²) in [5, 5.41) is 3.29. The van der Waals surface area contributed by atoms with E-state index in [1.54, 1.807) is 14.2 Å². The van der Waals surface area contributed by atoms with E-state index in [4.69, 9.17) is 9.47 Å². The van der Waals surface area contributed by atoms with Gasteiger partial charge >= 0.3 is 0 Å². The van der Waals surface area contributed by atoms with Crippen molar-refractivity contribution < 1.29 is 9.47 Å². The molecule has 3 nitrogen and oxygen atoms in total. The van der Waals surface area contributed by atoms with Crippen LogP contribution >= 0.6 is 0 Å². The Morgan fingerprint density at radius 1 is 1.31 bits per heavy atom. The van der Waals surface area contributed by atoms with Gasteiger partial charge in [-0.25, -0.2) is 0 Å². The molecule has 1 aromatic rings. The normalized spacial score (nSPS) is 9.69. The molecule has 1 aromatic carbocycles. The van der Waals surface area contributed by atoms with Gasteiger partial charge in [-0.05, 0) is 18.6 Å². The largest absolute Gasteiger partial charge is 0.497 e. The molecule has 0 radical (unpaired) electrons. The molecule has 88 valence electrons. The molecule has 16 heavy (non-hydrogen) atoms. The van der Waals surface area contributed by atoms with E-state index in [2.05, 4.69) is 18.8 Å². The van der Waals surface area contributed by atoms with Crippen molar-refractivity contribution in [3.63, 3.8) is 0 Å². The van der Waals surface area contributed by atoms with Crippen molar-refractivity contribution in [2.75, 3.05) is 26.1 Å². The summed E-state index contributed by atoms with van der Waals surface area (Å²) in [5.74, 6) is 1.62. The number of ether oxygens (including phenoxy) is 2. The van der Waals surface area contributed by atoms with Crippen LogP contribution in [0, 0.1) is 0 Å². The van der Waals surface area contributed by atoms with E-state index in [-0.39, 0.29) is 0 Å². The highest BCUT2D eigenvalue weighted by atomic mass is 16.5. The average Bonchev–Trinajstić information content (AvgIpc) is 2.35. The lowest BCUT2D eigenvalue weighted by molar-refractivity contribution is 0.404. The van der Waals surface area contributed by atoms with Gasteiger partial charge < -0.3 is 14.8 Å². The second-order valence-electron chi connectivity index (χ2n) is 3.52. The molecule has 3 heteroatoms. The Morgan fingerprint density at radius 3 is 2.62 bits per heavy atom. The zero-order valence-corrected chi connectivity index (χ0v) is 10.2. The van der Waals surface area contributed by atoms with Crippen LogP contribution in [0.5, 0.6) is 11.5 Å². The summed E-state index contributed by atoms with van der Waals surface area (Å²) in [5.41, 5.74) is 2.08.